The molecule has 1 heterocycles. The van der Waals surface area contributed by atoms with E-state index in [0.717, 1.165) is 19.3 Å². The molecule has 1 saturated heterocycles. The molecule has 1 atom stereocenters. The molecule has 1 aliphatic rings. The number of carbonyl (C=O) groups is 1. The number of hydrogen-bond donors (Lipinski definition) is 1. The molecule has 1 N–H and O–H groups in total. The second kappa shape index (κ2) is 10.4. The Labute approximate surface area is 113 Å². The number of carbonyl (C=O) groups excluding carboxylic acids is 1. The van der Waals surface area contributed by atoms with E-state index in [-0.39, 0.29) is 5.91 Å². The molecular formula is C16H31NO. The predicted molar refractivity (Wildman–Crippen MR) is 77.6 cm³/mol. The van der Waals surface area contributed by atoms with Gasteiger partial charge in [-0.2, -0.15) is 0 Å². The number of hydrogen-bond acceptors (Lipinski definition) is 1. The third kappa shape index (κ3) is 8.54. The quantitative estimate of drug-likeness (QED) is 0.673. The average molecular weight is 253 g/mol. The summed E-state index contributed by atoms with van der Waals surface area (Å²) in [6.45, 7) is 2.14. The van der Waals surface area contributed by atoms with Crippen molar-refractivity contribution < 1.29 is 4.79 Å². The molecule has 1 aliphatic heterocycles. The molecule has 0 saturated carbocycles. The molecular weight excluding hydrogens is 222 g/mol. The van der Waals surface area contributed by atoms with E-state index in [1.54, 1.807) is 0 Å². The molecule has 0 radical (unpaired) electrons. The van der Waals surface area contributed by atoms with Gasteiger partial charge in [0.15, 0.2) is 0 Å². The van der Waals surface area contributed by atoms with Crippen molar-refractivity contribution in [3.8, 4) is 0 Å². The monoisotopic (exact) mass is 253 g/mol. The molecule has 0 aromatic rings. The van der Waals surface area contributed by atoms with Crippen LogP contribution in [0.5, 0.6) is 0 Å². The molecule has 0 spiro atoms. The van der Waals surface area contributed by atoms with E-state index in [9.17, 15) is 4.79 Å². The van der Waals surface area contributed by atoms with Gasteiger partial charge in [0.2, 0.25) is 5.91 Å². The lowest BCUT2D eigenvalue weighted by atomic mass is 10.0. The van der Waals surface area contributed by atoms with Crippen molar-refractivity contribution >= 4 is 5.91 Å². The summed E-state index contributed by atoms with van der Waals surface area (Å²) in [6.07, 6.45) is 16.4. The topological polar surface area (TPSA) is 29.1 Å². The Bertz CT molecular complexity index is 215. The van der Waals surface area contributed by atoms with Crippen molar-refractivity contribution in [3.63, 3.8) is 0 Å². The molecule has 0 bridgehead atoms. The molecule has 0 aromatic carbocycles. The Morgan fingerprint density at radius 2 is 1.22 bits per heavy atom. The van der Waals surface area contributed by atoms with E-state index in [1.807, 2.05) is 0 Å². The van der Waals surface area contributed by atoms with Crippen molar-refractivity contribution in [2.24, 2.45) is 0 Å². The first-order valence-corrected chi connectivity index (χ1v) is 8.08. The van der Waals surface area contributed by atoms with Gasteiger partial charge in [-0.25, -0.2) is 0 Å². The highest BCUT2D eigenvalue weighted by molar-refractivity contribution is 5.76. The molecule has 1 fully saturated rings. The molecule has 1 amide bonds. The van der Waals surface area contributed by atoms with Crippen LogP contribution in [0.2, 0.25) is 0 Å². The zero-order chi connectivity index (χ0) is 13.1. The summed E-state index contributed by atoms with van der Waals surface area (Å²) in [7, 11) is 0. The van der Waals surface area contributed by atoms with Gasteiger partial charge in [-0.05, 0) is 19.8 Å². The van der Waals surface area contributed by atoms with E-state index in [2.05, 4.69) is 12.2 Å². The minimum Gasteiger partial charge on any atom is -0.354 e. The van der Waals surface area contributed by atoms with E-state index in [1.165, 1.54) is 64.2 Å². The normalized spacial score (nSPS) is 26.5. The zero-order valence-corrected chi connectivity index (χ0v) is 12.2. The molecule has 0 aliphatic carbocycles. The van der Waals surface area contributed by atoms with E-state index in [4.69, 9.17) is 0 Å². The summed E-state index contributed by atoms with van der Waals surface area (Å²) in [5.41, 5.74) is 0. The molecule has 2 nitrogen and oxygen atoms in total. The first-order valence-electron chi connectivity index (χ1n) is 8.08. The predicted octanol–water partition coefficient (Wildman–Crippen LogP) is 4.58. The van der Waals surface area contributed by atoms with Crippen molar-refractivity contribution in [1.82, 2.24) is 5.32 Å². The van der Waals surface area contributed by atoms with Crippen LogP contribution in [0.25, 0.3) is 0 Å². The molecule has 2 heteroatoms. The molecule has 18 heavy (non-hydrogen) atoms. The van der Waals surface area contributed by atoms with E-state index in [0.29, 0.717) is 6.04 Å². The smallest absolute Gasteiger partial charge is 0.220 e. The van der Waals surface area contributed by atoms with Gasteiger partial charge < -0.3 is 5.32 Å². The first kappa shape index (κ1) is 15.5. The summed E-state index contributed by atoms with van der Waals surface area (Å²) in [5.74, 6) is 0.259. The molecule has 1 unspecified atom stereocenters. The van der Waals surface area contributed by atoms with Gasteiger partial charge in [-0.1, -0.05) is 64.2 Å². The van der Waals surface area contributed by atoms with E-state index < -0.39 is 0 Å². The minimum absolute atomic E-state index is 0.259. The van der Waals surface area contributed by atoms with Crippen LogP contribution < -0.4 is 5.32 Å². The average Bonchev–Trinajstić information content (AvgIpc) is 2.33. The van der Waals surface area contributed by atoms with Crippen LogP contribution in [0, 0.1) is 0 Å². The van der Waals surface area contributed by atoms with Gasteiger partial charge in [0.1, 0.15) is 0 Å². The van der Waals surface area contributed by atoms with Crippen LogP contribution in [0.1, 0.15) is 90.4 Å². The number of amides is 1. The molecule has 0 aromatic heterocycles. The minimum atomic E-state index is 0.259. The maximum atomic E-state index is 11.7. The molecule has 1 rings (SSSR count). The lowest BCUT2D eigenvalue weighted by Crippen LogP contribution is -2.32. The maximum Gasteiger partial charge on any atom is 0.220 e. The van der Waals surface area contributed by atoms with Crippen LogP contribution in [0.15, 0.2) is 0 Å². The highest BCUT2D eigenvalue weighted by Crippen LogP contribution is 2.13. The highest BCUT2D eigenvalue weighted by atomic mass is 16.1. The largest absolute Gasteiger partial charge is 0.354 e. The third-order valence-electron chi connectivity index (χ3n) is 3.95. The number of nitrogens with one attached hydrogen (secondary N) is 1. The summed E-state index contributed by atoms with van der Waals surface area (Å²) < 4.78 is 0. The highest BCUT2D eigenvalue weighted by Gasteiger charge is 2.07. The van der Waals surface area contributed by atoms with Gasteiger partial charge in [0, 0.05) is 12.5 Å². The van der Waals surface area contributed by atoms with Crippen molar-refractivity contribution in [1.29, 1.82) is 0 Å². The fraction of sp³-hybridized carbons (Fsp3) is 0.938. The van der Waals surface area contributed by atoms with Gasteiger partial charge in [0.25, 0.3) is 0 Å². The summed E-state index contributed by atoms with van der Waals surface area (Å²) in [6, 6.07) is 0.366. The van der Waals surface area contributed by atoms with Crippen LogP contribution in [0.3, 0.4) is 0 Å². The first-order chi connectivity index (χ1) is 8.79. The third-order valence-corrected chi connectivity index (χ3v) is 3.95. The van der Waals surface area contributed by atoms with Crippen LogP contribution in [-0.4, -0.2) is 11.9 Å². The Balaban J connectivity index is 2.21. The Morgan fingerprint density at radius 1 is 0.778 bits per heavy atom. The van der Waals surface area contributed by atoms with Gasteiger partial charge >= 0.3 is 0 Å². The van der Waals surface area contributed by atoms with Gasteiger partial charge in [-0.15, -0.1) is 0 Å². The van der Waals surface area contributed by atoms with Crippen LogP contribution in [-0.2, 0) is 4.79 Å². The van der Waals surface area contributed by atoms with Crippen molar-refractivity contribution in [2.45, 2.75) is 96.4 Å². The fourth-order valence-corrected chi connectivity index (χ4v) is 2.75. The summed E-state index contributed by atoms with van der Waals surface area (Å²) in [5, 5.41) is 3.12. The lowest BCUT2D eigenvalue weighted by molar-refractivity contribution is -0.121. The second-order valence-electron chi connectivity index (χ2n) is 5.90. The summed E-state index contributed by atoms with van der Waals surface area (Å²) in [4.78, 5) is 11.7. The van der Waals surface area contributed by atoms with Crippen LogP contribution in [0.4, 0.5) is 0 Å². The zero-order valence-electron chi connectivity index (χ0n) is 12.2. The van der Waals surface area contributed by atoms with Crippen molar-refractivity contribution in [3.05, 3.63) is 0 Å². The SMILES string of the molecule is CC1CCCCCCCCCCCCCC(=O)N1. The van der Waals surface area contributed by atoms with E-state index >= 15 is 0 Å². The standard InChI is InChI=1S/C16H31NO/c1-15-13-11-9-7-5-3-2-4-6-8-10-12-14-16(18)17-15/h15H,2-14H2,1H3,(H,17,18). The number of rotatable bonds is 0. The Kier molecular flexibility index (Phi) is 8.97. The second-order valence-corrected chi connectivity index (χ2v) is 5.90. The maximum absolute atomic E-state index is 11.7. The van der Waals surface area contributed by atoms with Gasteiger partial charge in [0.05, 0.1) is 0 Å². The molecule has 106 valence electrons. The lowest BCUT2D eigenvalue weighted by Gasteiger charge is -2.14. The fourth-order valence-electron chi connectivity index (χ4n) is 2.75. The Hall–Kier alpha value is -0.530. The van der Waals surface area contributed by atoms with Crippen molar-refractivity contribution in [2.75, 3.05) is 0 Å². The van der Waals surface area contributed by atoms with Crippen LogP contribution >= 0.6 is 0 Å². The Morgan fingerprint density at radius 3 is 1.78 bits per heavy atom. The summed E-state index contributed by atoms with van der Waals surface area (Å²) >= 11 is 0. The van der Waals surface area contributed by atoms with Gasteiger partial charge in [-0.3, -0.25) is 4.79 Å².